The molecule has 0 saturated carbocycles. The zero-order chi connectivity index (χ0) is 24.0. The Hall–Kier alpha value is -3.29. The summed E-state index contributed by atoms with van der Waals surface area (Å²) in [5.41, 5.74) is 2.43. The third kappa shape index (κ3) is 5.38. The lowest BCUT2D eigenvalue weighted by Crippen LogP contribution is -2.32. The van der Waals surface area contributed by atoms with Crippen molar-refractivity contribution in [3.05, 3.63) is 101 Å². The summed E-state index contributed by atoms with van der Waals surface area (Å²) >= 11 is 6.25. The maximum Gasteiger partial charge on any atom is 0.264 e. The molecule has 3 aromatic rings. The quantitative estimate of drug-likeness (QED) is 0.435. The topological polar surface area (TPSA) is 75.7 Å². The normalized spacial score (nSPS) is 11.0. The number of carbonyl (C=O) groups is 1. The van der Waals surface area contributed by atoms with Gasteiger partial charge >= 0.3 is 0 Å². The fourth-order valence-electron chi connectivity index (χ4n) is 3.32. The molecule has 1 amide bonds. The molecule has 0 aliphatic rings. The molecule has 0 aliphatic carbocycles. The molecule has 1 N–H and O–H groups in total. The van der Waals surface area contributed by atoms with E-state index in [9.17, 15) is 13.2 Å². The molecule has 0 atom stereocenters. The number of ether oxygens (including phenoxy) is 1. The number of nitrogens with one attached hydrogen (secondary N) is 1. The summed E-state index contributed by atoms with van der Waals surface area (Å²) in [6, 6.07) is 18.5. The molecule has 0 saturated heterocycles. The van der Waals surface area contributed by atoms with Crippen LogP contribution in [-0.4, -0.2) is 28.0 Å². The minimum absolute atomic E-state index is 0.0140. The van der Waals surface area contributed by atoms with Gasteiger partial charge in [0, 0.05) is 6.54 Å². The molecule has 0 aromatic heterocycles. The Bertz CT molecular complexity index is 1270. The first-order valence-electron chi connectivity index (χ1n) is 10.2. The maximum absolute atomic E-state index is 13.5. The van der Waals surface area contributed by atoms with Gasteiger partial charge in [-0.1, -0.05) is 54.1 Å². The average Bonchev–Trinajstić information content (AvgIpc) is 2.81. The third-order valence-corrected chi connectivity index (χ3v) is 7.23. The lowest BCUT2D eigenvalue weighted by atomic mass is 10.1. The van der Waals surface area contributed by atoms with E-state index in [0.29, 0.717) is 18.0 Å². The Morgan fingerprint density at radius 3 is 2.52 bits per heavy atom. The average molecular weight is 485 g/mol. The van der Waals surface area contributed by atoms with Gasteiger partial charge in [-0.3, -0.25) is 9.10 Å². The van der Waals surface area contributed by atoms with Crippen LogP contribution < -0.4 is 14.4 Å². The molecule has 0 aliphatic heterocycles. The molecule has 3 rings (SSSR count). The Labute approximate surface area is 199 Å². The van der Waals surface area contributed by atoms with Crippen molar-refractivity contribution >= 4 is 33.2 Å². The number of nitrogens with zero attached hydrogens (tertiary/aromatic N) is 1. The van der Waals surface area contributed by atoms with Gasteiger partial charge in [0.15, 0.2) is 0 Å². The monoisotopic (exact) mass is 484 g/mol. The summed E-state index contributed by atoms with van der Waals surface area (Å²) in [4.78, 5) is 12.8. The van der Waals surface area contributed by atoms with Crippen LogP contribution in [0.3, 0.4) is 0 Å². The van der Waals surface area contributed by atoms with Crippen LogP contribution in [0.15, 0.2) is 84.3 Å². The Morgan fingerprint density at radius 2 is 1.82 bits per heavy atom. The first-order chi connectivity index (χ1) is 15.8. The fraction of sp³-hybridized carbons (Fsp3) is 0.160. The largest absolute Gasteiger partial charge is 0.495 e. The number of anilines is 1. The minimum atomic E-state index is -4.05. The van der Waals surface area contributed by atoms with E-state index in [1.54, 1.807) is 24.3 Å². The van der Waals surface area contributed by atoms with Gasteiger partial charge in [0.1, 0.15) is 5.75 Å². The van der Waals surface area contributed by atoms with Gasteiger partial charge in [0.2, 0.25) is 0 Å². The molecule has 0 unspecified atom stereocenters. The van der Waals surface area contributed by atoms with Crippen LogP contribution in [0, 0.1) is 6.92 Å². The van der Waals surface area contributed by atoms with Crippen molar-refractivity contribution in [3.63, 3.8) is 0 Å². The zero-order valence-corrected chi connectivity index (χ0v) is 20.0. The van der Waals surface area contributed by atoms with Gasteiger partial charge in [0.05, 0.1) is 34.8 Å². The highest BCUT2D eigenvalue weighted by Crippen LogP contribution is 2.33. The van der Waals surface area contributed by atoms with Crippen molar-refractivity contribution in [2.45, 2.75) is 18.4 Å². The second kappa shape index (κ2) is 10.6. The standard InChI is InChI=1S/C25H25ClN2O4S/c1-4-15-28(23-11-7-8-12-24(23)32-3)33(30,31)20-13-14-22(26)21(16-20)25(29)27-17-19-10-6-5-9-18(19)2/h4-14,16H,1,15,17H2,2-3H3,(H,27,29). The van der Waals surface area contributed by atoms with Gasteiger partial charge in [-0.2, -0.15) is 0 Å². The van der Waals surface area contributed by atoms with Crippen molar-refractivity contribution in [2.24, 2.45) is 0 Å². The third-order valence-electron chi connectivity index (χ3n) is 5.12. The number of sulfonamides is 1. The predicted octanol–water partition coefficient (Wildman–Crippen LogP) is 4.97. The Kier molecular flexibility index (Phi) is 7.79. The molecular weight excluding hydrogens is 460 g/mol. The number of hydrogen-bond donors (Lipinski definition) is 1. The number of methoxy groups -OCH3 is 1. The van der Waals surface area contributed by atoms with E-state index in [4.69, 9.17) is 16.3 Å². The lowest BCUT2D eigenvalue weighted by molar-refractivity contribution is 0.0951. The summed E-state index contributed by atoms with van der Waals surface area (Å²) in [5, 5.41) is 2.97. The molecule has 0 bridgehead atoms. The molecule has 0 fully saturated rings. The van der Waals surface area contributed by atoms with E-state index in [0.717, 1.165) is 11.1 Å². The van der Waals surface area contributed by atoms with Crippen LogP contribution in [0.2, 0.25) is 5.02 Å². The van der Waals surface area contributed by atoms with Gasteiger partial charge in [0.25, 0.3) is 15.9 Å². The second-order valence-corrected chi connectivity index (χ2v) is 9.52. The number of benzene rings is 3. The summed E-state index contributed by atoms with van der Waals surface area (Å²) in [7, 11) is -2.58. The van der Waals surface area contributed by atoms with E-state index in [1.807, 2.05) is 31.2 Å². The summed E-state index contributed by atoms with van der Waals surface area (Å²) in [5.74, 6) is -0.0686. The molecular formula is C25H25ClN2O4S. The van der Waals surface area contributed by atoms with Gasteiger partial charge in [-0.05, 0) is 48.4 Å². The molecule has 3 aromatic carbocycles. The molecule has 6 nitrogen and oxygen atoms in total. The number of halogens is 1. The summed E-state index contributed by atoms with van der Waals surface area (Å²) in [6.45, 7) is 5.94. The first kappa shape index (κ1) is 24.4. The van der Waals surface area contributed by atoms with Crippen molar-refractivity contribution in [1.82, 2.24) is 5.32 Å². The number of amides is 1. The van der Waals surface area contributed by atoms with Gasteiger partial charge in [-0.25, -0.2) is 8.42 Å². The summed E-state index contributed by atoms with van der Waals surface area (Å²) < 4.78 is 33.6. The van der Waals surface area contributed by atoms with E-state index >= 15 is 0 Å². The van der Waals surface area contributed by atoms with Gasteiger partial charge < -0.3 is 10.1 Å². The zero-order valence-electron chi connectivity index (χ0n) is 18.4. The SMILES string of the molecule is C=CCN(c1ccccc1OC)S(=O)(=O)c1ccc(Cl)c(C(=O)NCc2ccccc2C)c1. The van der Waals surface area contributed by atoms with E-state index in [-0.39, 0.29) is 22.0 Å². The molecule has 172 valence electrons. The second-order valence-electron chi connectivity index (χ2n) is 7.25. The van der Waals surface area contributed by atoms with Crippen LogP contribution in [0.5, 0.6) is 5.75 Å². The van der Waals surface area contributed by atoms with Crippen LogP contribution in [0.4, 0.5) is 5.69 Å². The van der Waals surface area contributed by atoms with Crippen molar-refractivity contribution in [1.29, 1.82) is 0 Å². The number of carbonyl (C=O) groups excluding carboxylic acids is 1. The first-order valence-corrected chi connectivity index (χ1v) is 12.0. The number of rotatable bonds is 9. The van der Waals surface area contributed by atoms with E-state index in [1.165, 1.54) is 35.7 Å². The number of hydrogen-bond acceptors (Lipinski definition) is 4. The molecule has 33 heavy (non-hydrogen) atoms. The van der Waals surface area contributed by atoms with Crippen LogP contribution in [0.1, 0.15) is 21.5 Å². The molecule has 8 heteroatoms. The predicted molar refractivity (Wildman–Crippen MR) is 132 cm³/mol. The number of para-hydroxylation sites is 2. The molecule has 0 radical (unpaired) electrons. The molecule has 0 heterocycles. The number of aryl methyl sites for hydroxylation is 1. The van der Waals surface area contributed by atoms with Crippen LogP contribution in [0.25, 0.3) is 0 Å². The van der Waals surface area contributed by atoms with Crippen molar-refractivity contribution in [3.8, 4) is 5.75 Å². The lowest BCUT2D eigenvalue weighted by Gasteiger charge is -2.25. The van der Waals surface area contributed by atoms with Crippen molar-refractivity contribution in [2.75, 3.05) is 18.0 Å². The maximum atomic E-state index is 13.5. The Morgan fingerprint density at radius 1 is 1.12 bits per heavy atom. The van der Waals surface area contributed by atoms with Crippen molar-refractivity contribution < 1.29 is 17.9 Å². The smallest absolute Gasteiger partial charge is 0.264 e. The Balaban J connectivity index is 1.95. The minimum Gasteiger partial charge on any atom is -0.495 e. The van der Waals surface area contributed by atoms with E-state index < -0.39 is 15.9 Å². The van der Waals surface area contributed by atoms with E-state index in [2.05, 4.69) is 11.9 Å². The van der Waals surface area contributed by atoms with Crippen LogP contribution >= 0.6 is 11.6 Å². The van der Waals surface area contributed by atoms with Gasteiger partial charge in [-0.15, -0.1) is 6.58 Å². The highest BCUT2D eigenvalue weighted by Gasteiger charge is 2.28. The van der Waals surface area contributed by atoms with Crippen LogP contribution in [-0.2, 0) is 16.6 Å². The summed E-state index contributed by atoms with van der Waals surface area (Å²) in [6.07, 6.45) is 1.48. The fourth-order valence-corrected chi connectivity index (χ4v) is 5.00. The molecule has 0 spiro atoms. The highest BCUT2D eigenvalue weighted by molar-refractivity contribution is 7.92. The highest BCUT2D eigenvalue weighted by atomic mass is 35.5.